The summed E-state index contributed by atoms with van der Waals surface area (Å²) in [5.41, 5.74) is 2.16. The summed E-state index contributed by atoms with van der Waals surface area (Å²) in [4.78, 5) is 10.3. The van der Waals surface area contributed by atoms with Gasteiger partial charge >= 0.3 is 0 Å². The standard InChI is InChI=1S/C8H12O2/c1-7(6-9)8-2-4-10-5-3-8/h6H,2-5H2,1H3. The second-order valence-electron chi connectivity index (χ2n) is 2.52. The van der Waals surface area contributed by atoms with E-state index in [0.717, 1.165) is 37.9 Å². The molecular formula is C8H12O2. The third-order valence-electron chi connectivity index (χ3n) is 1.83. The maximum absolute atomic E-state index is 10.3. The molecule has 10 heavy (non-hydrogen) atoms. The first-order valence-corrected chi connectivity index (χ1v) is 3.56. The van der Waals surface area contributed by atoms with E-state index in [1.165, 1.54) is 5.57 Å². The highest BCUT2D eigenvalue weighted by molar-refractivity contribution is 5.73. The number of rotatable bonds is 1. The Hall–Kier alpha value is -0.630. The molecule has 2 heteroatoms. The van der Waals surface area contributed by atoms with E-state index in [1.807, 2.05) is 6.92 Å². The fourth-order valence-electron chi connectivity index (χ4n) is 1.10. The van der Waals surface area contributed by atoms with Crippen molar-refractivity contribution in [3.63, 3.8) is 0 Å². The molecule has 0 aromatic carbocycles. The number of hydrogen-bond acceptors (Lipinski definition) is 2. The summed E-state index contributed by atoms with van der Waals surface area (Å²) < 4.78 is 5.14. The number of allylic oxidation sites excluding steroid dienone is 1. The summed E-state index contributed by atoms with van der Waals surface area (Å²) in [6.07, 6.45) is 2.80. The highest BCUT2D eigenvalue weighted by Gasteiger charge is 2.07. The lowest BCUT2D eigenvalue weighted by molar-refractivity contribution is -0.104. The van der Waals surface area contributed by atoms with E-state index >= 15 is 0 Å². The van der Waals surface area contributed by atoms with E-state index in [2.05, 4.69) is 0 Å². The van der Waals surface area contributed by atoms with Crippen LogP contribution in [0, 0.1) is 0 Å². The zero-order valence-corrected chi connectivity index (χ0v) is 6.22. The molecule has 2 nitrogen and oxygen atoms in total. The molecule has 1 aliphatic rings. The van der Waals surface area contributed by atoms with E-state index in [0.29, 0.717) is 0 Å². The third kappa shape index (κ3) is 1.67. The Morgan fingerprint density at radius 3 is 2.60 bits per heavy atom. The molecule has 0 radical (unpaired) electrons. The SMILES string of the molecule is CC(C=O)=C1CCOCC1. The van der Waals surface area contributed by atoms with Crippen LogP contribution in [0.2, 0.25) is 0 Å². The van der Waals surface area contributed by atoms with Crippen LogP contribution in [0.5, 0.6) is 0 Å². The predicted molar refractivity (Wildman–Crippen MR) is 38.8 cm³/mol. The molecule has 0 aromatic rings. The van der Waals surface area contributed by atoms with Crippen LogP contribution < -0.4 is 0 Å². The fourth-order valence-corrected chi connectivity index (χ4v) is 1.10. The summed E-state index contributed by atoms with van der Waals surface area (Å²) in [5, 5.41) is 0. The van der Waals surface area contributed by atoms with Crippen LogP contribution in [-0.4, -0.2) is 19.5 Å². The Labute approximate surface area is 60.9 Å². The minimum absolute atomic E-state index is 0.778. The van der Waals surface area contributed by atoms with Gasteiger partial charge in [0.1, 0.15) is 6.29 Å². The number of aldehydes is 1. The van der Waals surface area contributed by atoms with Crippen LogP contribution in [0.15, 0.2) is 11.1 Å². The predicted octanol–water partition coefficient (Wildman–Crippen LogP) is 1.31. The molecule has 0 spiro atoms. The molecule has 0 N–H and O–H groups in total. The highest BCUT2D eigenvalue weighted by atomic mass is 16.5. The first-order chi connectivity index (χ1) is 4.84. The lowest BCUT2D eigenvalue weighted by Gasteiger charge is -2.15. The van der Waals surface area contributed by atoms with E-state index < -0.39 is 0 Å². The smallest absolute Gasteiger partial charge is 0.145 e. The van der Waals surface area contributed by atoms with Crippen LogP contribution in [0.3, 0.4) is 0 Å². The Bertz CT molecular complexity index is 151. The maximum Gasteiger partial charge on any atom is 0.145 e. The quantitative estimate of drug-likeness (QED) is 0.405. The van der Waals surface area contributed by atoms with Crippen molar-refractivity contribution >= 4 is 6.29 Å². The van der Waals surface area contributed by atoms with Gasteiger partial charge in [0.25, 0.3) is 0 Å². The molecule has 0 amide bonds. The number of hydrogen-bond donors (Lipinski definition) is 0. The molecule has 0 bridgehead atoms. The van der Waals surface area contributed by atoms with Gasteiger partial charge in [-0.3, -0.25) is 4.79 Å². The van der Waals surface area contributed by atoms with Gasteiger partial charge in [0.15, 0.2) is 0 Å². The molecular weight excluding hydrogens is 128 g/mol. The first kappa shape index (κ1) is 7.48. The molecule has 1 heterocycles. The Morgan fingerprint density at radius 1 is 1.50 bits per heavy atom. The third-order valence-corrected chi connectivity index (χ3v) is 1.83. The topological polar surface area (TPSA) is 26.3 Å². The van der Waals surface area contributed by atoms with E-state index in [4.69, 9.17) is 4.74 Å². The van der Waals surface area contributed by atoms with Crippen molar-refractivity contribution in [3.05, 3.63) is 11.1 Å². The average molecular weight is 140 g/mol. The van der Waals surface area contributed by atoms with Crippen LogP contribution in [0.4, 0.5) is 0 Å². The van der Waals surface area contributed by atoms with Gasteiger partial charge in [0.2, 0.25) is 0 Å². The van der Waals surface area contributed by atoms with Crippen LogP contribution in [-0.2, 0) is 9.53 Å². The minimum Gasteiger partial charge on any atom is -0.381 e. The lowest BCUT2D eigenvalue weighted by Crippen LogP contribution is -2.08. The van der Waals surface area contributed by atoms with Gasteiger partial charge in [-0.25, -0.2) is 0 Å². The zero-order valence-electron chi connectivity index (χ0n) is 6.22. The normalized spacial score (nSPS) is 18.7. The Kier molecular flexibility index (Phi) is 2.63. The first-order valence-electron chi connectivity index (χ1n) is 3.56. The van der Waals surface area contributed by atoms with Crippen molar-refractivity contribution in [2.75, 3.05) is 13.2 Å². The molecule has 0 saturated carbocycles. The van der Waals surface area contributed by atoms with Crippen LogP contribution in [0.1, 0.15) is 19.8 Å². The molecule has 56 valence electrons. The van der Waals surface area contributed by atoms with Crippen LogP contribution >= 0.6 is 0 Å². The summed E-state index contributed by atoms with van der Waals surface area (Å²) in [6, 6.07) is 0. The van der Waals surface area contributed by atoms with Gasteiger partial charge in [0, 0.05) is 0 Å². The van der Waals surface area contributed by atoms with Crippen molar-refractivity contribution in [1.82, 2.24) is 0 Å². The fraction of sp³-hybridized carbons (Fsp3) is 0.625. The monoisotopic (exact) mass is 140 g/mol. The lowest BCUT2D eigenvalue weighted by atomic mass is 10.0. The van der Waals surface area contributed by atoms with Crippen molar-refractivity contribution < 1.29 is 9.53 Å². The summed E-state index contributed by atoms with van der Waals surface area (Å²) in [5.74, 6) is 0. The summed E-state index contributed by atoms with van der Waals surface area (Å²) in [7, 11) is 0. The molecule has 1 aliphatic heterocycles. The summed E-state index contributed by atoms with van der Waals surface area (Å²) in [6.45, 7) is 3.43. The Balaban J connectivity index is 2.59. The van der Waals surface area contributed by atoms with Gasteiger partial charge in [-0.05, 0) is 25.3 Å². The minimum atomic E-state index is 0.778. The molecule has 1 rings (SSSR count). The molecule has 0 aromatic heterocycles. The van der Waals surface area contributed by atoms with E-state index in [1.54, 1.807) is 0 Å². The largest absolute Gasteiger partial charge is 0.381 e. The van der Waals surface area contributed by atoms with Gasteiger partial charge in [0.05, 0.1) is 13.2 Å². The molecule has 0 unspecified atom stereocenters. The highest BCUT2D eigenvalue weighted by Crippen LogP contribution is 2.16. The summed E-state index contributed by atoms with van der Waals surface area (Å²) >= 11 is 0. The second kappa shape index (κ2) is 3.52. The molecule has 1 fully saturated rings. The van der Waals surface area contributed by atoms with E-state index in [9.17, 15) is 4.79 Å². The van der Waals surface area contributed by atoms with Crippen molar-refractivity contribution in [2.45, 2.75) is 19.8 Å². The van der Waals surface area contributed by atoms with Gasteiger partial charge in [-0.15, -0.1) is 0 Å². The van der Waals surface area contributed by atoms with Gasteiger partial charge in [-0.1, -0.05) is 5.57 Å². The van der Waals surface area contributed by atoms with E-state index in [-0.39, 0.29) is 0 Å². The van der Waals surface area contributed by atoms with Gasteiger partial charge in [-0.2, -0.15) is 0 Å². The van der Waals surface area contributed by atoms with Crippen LogP contribution in [0.25, 0.3) is 0 Å². The Morgan fingerprint density at radius 2 is 2.10 bits per heavy atom. The van der Waals surface area contributed by atoms with Crippen molar-refractivity contribution in [2.24, 2.45) is 0 Å². The second-order valence-corrected chi connectivity index (χ2v) is 2.52. The number of ether oxygens (including phenoxy) is 1. The van der Waals surface area contributed by atoms with Crippen molar-refractivity contribution in [3.8, 4) is 0 Å². The molecule has 0 aliphatic carbocycles. The zero-order chi connectivity index (χ0) is 7.40. The maximum atomic E-state index is 10.3. The average Bonchev–Trinajstić information content (AvgIpc) is 2.05. The number of carbonyl (C=O) groups is 1. The molecule has 0 atom stereocenters. The van der Waals surface area contributed by atoms with Crippen molar-refractivity contribution in [1.29, 1.82) is 0 Å². The van der Waals surface area contributed by atoms with Gasteiger partial charge < -0.3 is 4.74 Å². The number of carbonyl (C=O) groups excluding carboxylic acids is 1. The molecule has 1 saturated heterocycles.